The number of carbonyl (C=O) groups excluding carboxylic acids is 1. The number of aryl methyl sites for hydroxylation is 1. The molecule has 2 rings (SSSR count). The minimum atomic E-state index is -0.718. The van der Waals surface area contributed by atoms with Gasteiger partial charge in [-0.3, -0.25) is 25.0 Å². The van der Waals surface area contributed by atoms with Crippen LogP contribution in [0.3, 0.4) is 0 Å². The maximum Gasteiger partial charge on any atom is 0.433 e. The second-order valence-corrected chi connectivity index (χ2v) is 4.59. The summed E-state index contributed by atoms with van der Waals surface area (Å²) in [7, 11) is 0. The Hall–Kier alpha value is -3.03. The molecule has 0 aliphatic heterocycles. The first-order chi connectivity index (χ1) is 10.5. The van der Waals surface area contributed by atoms with E-state index in [-0.39, 0.29) is 23.5 Å². The van der Waals surface area contributed by atoms with Crippen LogP contribution in [0.15, 0.2) is 41.0 Å². The number of Topliss-reactive ketones (excluding diaryl/α,β-unsaturated/α-hetero) is 1. The molecule has 2 aromatic rings. The largest absolute Gasteiger partial charge is 0.433 e. The van der Waals surface area contributed by atoms with E-state index in [0.29, 0.717) is 18.4 Å². The van der Waals surface area contributed by atoms with Crippen molar-refractivity contribution in [2.45, 2.75) is 19.3 Å². The Morgan fingerprint density at radius 2 is 1.86 bits per heavy atom. The third kappa shape index (κ3) is 3.54. The summed E-state index contributed by atoms with van der Waals surface area (Å²) in [5.41, 5.74) is 0.710. The van der Waals surface area contributed by atoms with E-state index in [9.17, 15) is 25.0 Å². The fourth-order valence-corrected chi connectivity index (χ4v) is 2.05. The third-order valence-corrected chi connectivity index (χ3v) is 3.13. The van der Waals surface area contributed by atoms with Crippen molar-refractivity contribution in [1.82, 2.24) is 0 Å². The van der Waals surface area contributed by atoms with Gasteiger partial charge in [0.1, 0.15) is 11.2 Å². The molecular formula is C14H12N2O6. The van der Waals surface area contributed by atoms with Gasteiger partial charge in [0.05, 0.1) is 16.6 Å². The number of rotatable bonds is 7. The molecule has 0 unspecified atom stereocenters. The number of furan rings is 1. The number of para-hydroxylation sites is 1. The van der Waals surface area contributed by atoms with Crippen molar-refractivity contribution >= 4 is 17.4 Å². The Kier molecular flexibility index (Phi) is 4.62. The van der Waals surface area contributed by atoms with Crippen LogP contribution in [0.25, 0.3) is 0 Å². The Bertz CT molecular complexity index is 722. The summed E-state index contributed by atoms with van der Waals surface area (Å²) >= 11 is 0. The first-order valence-corrected chi connectivity index (χ1v) is 6.47. The Morgan fingerprint density at radius 1 is 1.14 bits per heavy atom. The van der Waals surface area contributed by atoms with E-state index in [1.807, 2.05) is 0 Å². The monoisotopic (exact) mass is 304 g/mol. The average molecular weight is 304 g/mol. The molecule has 0 saturated carbocycles. The van der Waals surface area contributed by atoms with Crippen LogP contribution in [0.5, 0.6) is 0 Å². The molecule has 0 aliphatic rings. The Labute approximate surface area is 124 Å². The molecule has 0 fully saturated rings. The molecule has 1 heterocycles. The zero-order chi connectivity index (χ0) is 16.1. The first-order valence-electron chi connectivity index (χ1n) is 6.47. The number of carbonyl (C=O) groups is 1. The molecule has 22 heavy (non-hydrogen) atoms. The summed E-state index contributed by atoms with van der Waals surface area (Å²) in [6, 6.07) is 7.41. The molecule has 0 amide bonds. The predicted molar refractivity (Wildman–Crippen MR) is 75.7 cm³/mol. The van der Waals surface area contributed by atoms with Crippen molar-refractivity contribution < 1.29 is 19.1 Å². The number of nitro benzene ring substituents is 1. The van der Waals surface area contributed by atoms with Crippen molar-refractivity contribution in [2.75, 3.05) is 0 Å². The van der Waals surface area contributed by atoms with Crippen LogP contribution in [-0.2, 0) is 6.42 Å². The van der Waals surface area contributed by atoms with Gasteiger partial charge in [-0.1, -0.05) is 18.2 Å². The van der Waals surface area contributed by atoms with Crippen molar-refractivity contribution in [3.8, 4) is 0 Å². The smallest absolute Gasteiger partial charge is 0.408 e. The van der Waals surface area contributed by atoms with Crippen LogP contribution in [0.1, 0.15) is 28.8 Å². The summed E-state index contributed by atoms with van der Waals surface area (Å²) in [5.74, 6) is -0.780. The number of ketones is 1. The van der Waals surface area contributed by atoms with Gasteiger partial charge in [0.25, 0.3) is 5.69 Å². The third-order valence-electron chi connectivity index (χ3n) is 3.13. The lowest BCUT2D eigenvalue weighted by Crippen LogP contribution is -2.00. The quantitative estimate of drug-likeness (QED) is 0.440. The second-order valence-electron chi connectivity index (χ2n) is 4.59. The van der Waals surface area contributed by atoms with Gasteiger partial charge in [0.2, 0.25) is 0 Å². The van der Waals surface area contributed by atoms with Crippen LogP contribution in [0, 0.1) is 20.2 Å². The van der Waals surface area contributed by atoms with E-state index in [1.54, 1.807) is 18.2 Å². The molecular weight excluding hydrogens is 292 g/mol. The fraction of sp³-hybridized carbons (Fsp3) is 0.214. The highest BCUT2D eigenvalue weighted by Gasteiger charge is 2.17. The molecule has 1 aromatic carbocycles. The van der Waals surface area contributed by atoms with Crippen LogP contribution >= 0.6 is 0 Å². The molecule has 0 spiro atoms. The van der Waals surface area contributed by atoms with E-state index in [1.165, 1.54) is 6.07 Å². The van der Waals surface area contributed by atoms with Gasteiger partial charge in [-0.05, 0) is 12.8 Å². The van der Waals surface area contributed by atoms with E-state index >= 15 is 0 Å². The van der Waals surface area contributed by atoms with Crippen LogP contribution in [0.4, 0.5) is 11.6 Å². The summed E-state index contributed by atoms with van der Waals surface area (Å²) in [6.45, 7) is 0. The number of benzene rings is 1. The summed E-state index contributed by atoms with van der Waals surface area (Å²) in [5, 5.41) is 21.3. The van der Waals surface area contributed by atoms with Crippen molar-refractivity contribution in [3.05, 3.63) is 68.0 Å². The van der Waals surface area contributed by atoms with E-state index in [2.05, 4.69) is 4.42 Å². The number of hydrogen-bond donors (Lipinski definition) is 0. The first kappa shape index (κ1) is 15.4. The highest BCUT2D eigenvalue weighted by atomic mass is 16.6. The molecule has 1 aromatic heterocycles. The van der Waals surface area contributed by atoms with Crippen LogP contribution < -0.4 is 0 Å². The lowest BCUT2D eigenvalue weighted by Gasteiger charge is -2.02. The van der Waals surface area contributed by atoms with Gasteiger partial charge >= 0.3 is 5.88 Å². The lowest BCUT2D eigenvalue weighted by atomic mass is 10.0. The topological polar surface area (TPSA) is 116 Å². The Morgan fingerprint density at radius 3 is 2.50 bits per heavy atom. The van der Waals surface area contributed by atoms with Crippen molar-refractivity contribution in [2.24, 2.45) is 0 Å². The zero-order valence-corrected chi connectivity index (χ0v) is 11.4. The second kappa shape index (κ2) is 6.61. The normalized spacial score (nSPS) is 10.4. The number of hydrogen-bond acceptors (Lipinski definition) is 6. The molecule has 8 nitrogen and oxygen atoms in total. The molecule has 0 radical (unpaired) electrons. The minimum absolute atomic E-state index is 0.0221. The van der Waals surface area contributed by atoms with E-state index in [4.69, 9.17) is 0 Å². The number of nitro groups is 2. The molecule has 0 saturated heterocycles. The highest BCUT2D eigenvalue weighted by molar-refractivity contribution is 5.96. The average Bonchev–Trinajstić information content (AvgIpc) is 2.97. The molecule has 0 N–H and O–H groups in total. The summed E-state index contributed by atoms with van der Waals surface area (Å²) in [4.78, 5) is 32.0. The molecule has 0 atom stereocenters. The van der Waals surface area contributed by atoms with Crippen LogP contribution in [-0.4, -0.2) is 15.6 Å². The van der Waals surface area contributed by atoms with E-state index < -0.39 is 15.7 Å². The highest BCUT2D eigenvalue weighted by Crippen LogP contribution is 2.21. The van der Waals surface area contributed by atoms with Crippen molar-refractivity contribution in [1.29, 1.82) is 0 Å². The molecule has 0 bridgehead atoms. The van der Waals surface area contributed by atoms with Gasteiger partial charge < -0.3 is 4.42 Å². The van der Waals surface area contributed by atoms with Gasteiger partial charge in [0.15, 0.2) is 5.78 Å². The SMILES string of the molecule is O=C(CCCc1ccccc1[N+](=O)[O-])c1coc([N+](=O)[O-])c1. The van der Waals surface area contributed by atoms with Gasteiger partial charge in [-0.2, -0.15) is 0 Å². The maximum atomic E-state index is 11.9. The molecule has 8 heteroatoms. The summed E-state index contributed by atoms with van der Waals surface area (Å²) in [6.07, 6.45) is 1.96. The Balaban J connectivity index is 1.95. The standard InChI is InChI=1S/C14H12N2O6/c17-13(11-8-14(16(20)21)22-9-11)7-3-5-10-4-1-2-6-12(10)15(18)19/h1-2,4,6,8-9H,3,5,7H2. The van der Waals surface area contributed by atoms with E-state index in [0.717, 1.165) is 12.3 Å². The van der Waals surface area contributed by atoms with Crippen LogP contribution in [0.2, 0.25) is 0 Å². The fourth-order valence-electron chi connectivity index (χ4n) is 2.05. The zero-order valence-electron chi connectivity index (χ0n) is 11.4. The van der Waals surface area contributed by atoms with Gasteiger partial charge in [0, 0.05) is 18.1 Å². The molecule has 114 valence electrons. The summed E-state index contributed by atoms with van der Waals surface area (Å²) < 4.78 is 4.65. The predicted octanol–water partition coefficient (Wildman–Crippen LogP) is 3.30. The van der Waals surface area contributed by atoms with Gasteiger partial charge in [-0.25, -0.2) is 0 Å². The lowest BCUT2D eigenvalue weighted by molar-refractivity contribution is -0.402. The minimum Gasteiger partial charge on any atom is -0.408 e. The molecule has 0 aliphatic carbocycles. The van der Waals surface area contributed by atoms with Gasteiger partial charge in [-0.15, -0.1) is 0 Å². The number of nitrogens with zero attached hydrogens (tertiary/aromatic N) is 2. The van der Waals surface area contributed by atoms with Crippen molar-refractivity contribution in [3.63, 3.8) is 0 Å². The maximum absolute atomic E-state index is 11.9.